The molecule has 0 amide bonds. The smallest absolute Gasteiger partial charge is 0.128 e. The van der Waals surface area contributed by atoms with E-state index in [1.807, 2.05) is 0 Å². The van der Waals surface area contributed by atoms with Crippen molar-refractivity contribution < 1.29 is 8.78 Å². The van der Waals surface area contributed by atoms with Gasteiger partial charge < -0.3 is 5.73 Å². The fourth-order valence-electron chi connectivity index (χ4n) is 0.897. The van der Waals surface area contributed by atoms with Crippen molar-refractivity contribution in [1.29, 1.82) is 0 Å². The minimum atomic E-state index is -0.652. The molecule has 0 aromatic heterocycles. The van der Waals surface area contributed by atoms with E-state index in [-0.39, 0.29) is 5.56 Å². The molecule has 0 spiro atoms. The zero-order valence-corrected chi connectivity index (χ0v) is 6.43. The van der Waals surface area contributed by atoms with Gasteiger partial charge in [-0.3, -0.25) is 0 Å². The van der Waals surface area contributed by atoms with E-state index >= 15 is 0 Å². The van der Waals surface area contributed by atoms with Crippen molar-refractivity contribution in [2.24, 2.45) is 5.73 Å². The minimum Gasteiger partial charge on any atom is -0.321 e. The normalized spacial score (nSPS) is 12.6. The van der Waals surface area contributed by atoms with Crippen LogP contribution in [0.4, 0.5) is 8.78 Å². The first kappa shape index (κ1) is 8.87. The maximum absolute atomic E-state index is 12.9. The molecule has 0 saturated heterocycles. The quantitative estimate of drug-likeness (QED) is 0.674. The first-order valence-corrected chi connectivity index (χ1v) is 3.48. The van der Waals surface area contributed by atoms with Crippen LogP contribution in [-0.2, 0) is 0 Å². The molecular weight excluding hydrogens is 160 g/mol. The molecule has 64 valence electrons. The standard InChI is InChI=1S/C9H9F2N/c1-2-9(12)7-5-6(10)3-4-8(7)11/h2-5,9H,1,12H2. The van der Waals surface area contributed by atoms with Crippen LogP contribution < -0.4 is 5.73 Å². The molecule has 0 saturated carbocycles. The predicted molar refractivity (Wildman–Crippen MR) is 43.5 cm³/mol. The van der Waals surface area contributed by atoms with Gasteiger partial charge in [-0.15, -0.1) is 6.58 Å². The molecule has 0 aliphatic rings. The van der Waals surface area contributed by atoms with Crippen molar-refractivity contribution in [3.8, 4) is 0 Å². The van der Waals surface area contributed by atoms with Crippen LogP contribution in [0.25, 0.3) is 0 Å². The predicted octanol–water partition coefficient (Wildman–Crippen LogP) is 2.15. The number of hydrogen-bond acceptors (Lipinski definition) is 1. The summed E-state index contributed by atoms with van der Waals surface area (Å²) < 4.78 is 25.5. The van der Waals surface area contributed by atoms with Crippen molar-refractivity contribution in [3.63, 3.8) is 0 Å². The Morgan fingerprint density at radius 1 is 1.42 bits per heavy atom. The summed E-state index contributed by atoms with van der Waals surface area (Å²) in [6.45, 7) is 3.39. The number of nitrogens with two attached hydrogens (primary N) is 1. The summed E-state index contributed by atoms with van der Waals surface area (Å²) in [4.78, 5) is 0. The maximum Gasteiger partial charge on any atom is 0.128 e. The van der Waals surface area contributed by atoms with E-state index in [0.717, 1.165) is 18.2 Å². The van der Waals surface area contributed by atoms with Crippen LogP contribution in [0.15, 0.2) is 30.9 Å². The molecule has 1 rings (SSSR count). The molecule has 0 bridgehead atoms. The number of rotatable bonds is 2. The van der Waals surface area contributed by atoms with E-state index in [4.69, 9.17) is 5.73 Å². The molecule has 1 nitrogen and oxygen atoms in total. The lowest BCUT2D eigenvalue weighted by Crippen LogP contribution is -2.08. The van der Waals surface area contributed by atoms with E-state index in [0.29, 0.717) is 0 Å². The Bertz CT molecular complexity index is 297. The zero-order chi connectivity index (χ0) is 9.14. The number of halogens is 2. The topological polar surface area (TPSA) is 26.0 Å². The van der Waals surface area contributed by atoms with Crippen LogP contribution in [0.2, 0.25) is 0 Å². The zero-order valence-electron chi connectivity index (χ0n) is 6.43. The molecule has 2 N–H and O–H groups in total. The largest absolute Gasteiger partial charge is 0.321 e. The van der Waals surface area contributed by atoms with Gasteiger partial charge in [0.15, 0.2) is 0 Å². The van der Waals surface area contributed by atoms with Crippen molar-refractivity contribution in [1.82, 2.24) is 0 Å². The Kier molecular flexibility index (Phi) is 2.55. The second-order valence-corrected chi connectivity index (χ2v) is 2.43. The third kappa shape index (κ3) is 1.68. The second kappa shape index (κ2) is 3.45. The van der Waals surface area contributed by atoms with Crippen LogP contribution in [0.3, 0.4) is 0 Å². The molecule has 1 aromatic rings. The lowest BCUT2D eigenvalue weighted by molar-refractivity contribution is 0.579. The Balaban J connectivity index is 3.12. The molecule has 0 aliphatic carbocycles. The third-order valence-corrected chi connectivity index (χ3v) is 1.57. The number of benzene rings is 1. The lowest BCUT2D eigenvalue weighted by atomic mass is 10.1. The van der Waals surface area contributed by atoms with Crippen molar-refractivity contribution in [2.45, 2.75) is 6.04 Å². The first-order chi connectivity index (χ1) is 5.65. The van der Waals surface area contributed by atoms with E-state index < -0.39 is 17.7 Å². The molecule has 12 heavy (non-hydrogen) atoms. The van der Waals surface area contributed by atoms with Crippen LogP contribution >= 0.6 is 0 Å². The monoisotopic (exact) mass is 169 g/mol. The van der Waals surface area contributed by atoms with E-state index in [2.05, 4.69) is 6.58 Å². The summed E-state index contributed by atoms with van der Waals surface area (Å²) in [7, 11) is 0. The highest BCUT2D eigenvalue weighted by Gasteiger charge is 2.08. The Morgan fingerprint density at radius 3 is 2.67 bits per heavy atom. The molecule has 3 heteroatoms. The molecule has 0 heterocycles. The van der Waals surface area contributed by atoms with Gasteiger partial charge in [0.25, 0.3) is 0 Å². The van der Waals surface area contributed by atoms with Gasteiger partial charge in [-0.05, 0) is 18.2 Å². The van der Waals surface area contributed by atoms with Gasteiger partial charge in [-0.25, -0.2) is 8.78 Å². The van der Waals surface area contributed by atoms with Crippen LogP contribution in [-0.4, -0.2) is 0 Å². The summed E-state index contributed by atoms with van der Waals surface area (Å²) in [5, 5.41) is 0. The summed E-state index contributed by atoms with van der Waals surface area (Å²) >= 11 is 0. The van der Waals surface area contributed by atoms with Gasteiger partial charge in [0.2, 0.25) is 0 Å². The van der Waals surface area contributed by atoms with Crippen molar-refractivity contribution in [2.75, 3.05) is 0 Å². The van der Waals surface area contributed by atoms with Gasteiger partial charge in [0.1, 0.15) is 11.6 Å². The van der Waals surface area contributed by atoms with Gasteiger partial charge in [0, 0.05) is 5.56 Å². The second-order valence-electron chi connectivity index (χ2n) is 2.43. The van der Waals surface area contributed by atoms with E-state index in [9.17, 15) is 8.78 Å². The highest BCUT2D eigenvalue weighted by atomic mass is 19.1. The molecule has 0 aliphatic heterocycles. The van der Waals surface area contributed by atoms with E-state index in [1.54, 1.807) is 0 Å². The maximum atomic E-state index is 12.9. The fraction of sp³-hybridized carbons (Fsp3) is 0.111. The first-order valence-electron chi connectivity index (χ1n) is 3.48. The lowest BCUT2D eigenvalue weighted by Gasteiger charge is -2.07. The summed E-state index contributed by atoms with van der Waals surface area (Å²) in [6.07, 6.45) is 1.36. The Hall–Kier alpha value is -1.22. The van der Waals surface area contributed by atoms with Crippen LogP contribution in [0.5, 0.6) is 0 Å². The fourth-order valence-corrected chi connectivity index (χ4v) is 0.897. The van der Waals surface area contributed by atoms with Gasteiger partial charge >= 0.3 is 0 Å². The molecular formula is C9H9F2N. The molecule has 0 radical (unpaired) electrons. The Morgan fingerprint density at radius 2 is 2.08 bits per heavy atom. The highest BCUT2D eigenvalue weighted by molar-refractivity contribution is 5.24. The number of hydrogen-bond donors (Lipinski definition) is 1. The summed E-state index contributed by atoms with van der Waals surface area (Å²) in [5.41, 5.74) is 5.57. The van der Waals surface area contributed by atoms with Gasteiger partial charge in [-0.1, -0.05) is 6.08 Å². The summed E-state index contributed by atoms with van der Waals surface area (Å²) in [5.74, 6) is -1.01. The van der Waals surface area contributed by atoms with Crippen LogP contribution in [0, 0.1) is 11.6 Å². The molecule has 1 aromatic carbocycles. The molecule has 0 fully saturated rings. The SMILES string of the molecule is C=CC(N)c1cc(F)ccc1F. The summed E-state index contributed by atoms with van der Waals surface area (Å²) in [6, 6.07) is 2.52. The van der Waals surface area contributed by atoms with E-state index in [1.165, 1.54) is 6.08 Å². The van der Waals surface area contributed by atoms with Crippen molar-refractivity contribution in [3.05, 3.63) is 48.1 Å². The van der Waals surface area contributed by atoms with Crippen LogP contribution in [0.1, 0.15) is 11.6 Å². The average Bonchev–Trinajstić information content (AvgIpc) is 2.08. The van der Waals surface area contributed by atoms with Gasteiger partial charge in [-0.2, -0.15) is 0 Å². The van der Waals surface area contributed by atoms with Gasteiger partial charge in [0.05, 0.1) is 6.04 Å². The highest BCUT2D eigenvalue weighted by Crippen LogP contribution is 2.16. The average molecular weight is 169 g/mol. The molecule has 1 unspecified atom stereocenters. The molecule has 1 atom stereocenters. The Labute approximate surface area is 69.5 Å². The minimum absolute atomic E-state index is 0.130. The third-order valence-electron chi connectivity index (χ3n) is 1.57. The van der Waals surface area contributed by atoms with Crippen molar-refractivity contribution >= 4 is 0 Å².